The van der Waals surface area contributed by atoms with E-state index in [0.29, 0.717) is 12.0 Å². The van der Waals surface area contributed by atoms with Crippen LogP contribution in [0.1, 0.15) is 37.0 Å². The van der Waals surface area contributed by atoms with Crippen molar-refractivity contribution in [2.24, 2.45) is 0 Å². The molecule has 112 valence electrons. The van der Waals surface area contributed by atoms with Crippen LogP contribution in [-0.2, 0) is 9.53 Å². The number of carbonyl (C=O) groups is 2. The summed E-state index contributed by atoms with van der Waals surface area (Å²) in [7, 11) is 1.35. The molecule has 1 heterocycles. The van der Waals surface area contributed by atoms with Gasteiger partial charge in [0.15, 0.2) is 0 Å². The van der Waals surface area contributed by atoms with Crippen molar-refractivity contribution in [2.45, 2.75) is 32.2 Å². The zero-order valence-electron chi connectivity index (χ0n) is 12.5. The highest BCUT2D eigenvalue weighted by Gasteiger charge is 2.28. The van der Waals surface area contributed by atoms with Crippen LogP contribution in [0, 0.1) is 0 Å². The Hall–Kier alpha value is -2.30. The molecule has 0 spiro atoms. The summed E-state index contributed by atoms with van der Waals surface area (Å²) < 4.78 is 4.69. The Balaban J connectivity index is 2.16. The fraction of sp³-hybridized carbons (Fsp3) is 0.375. The van der Waals surface area contributed by atoms with Gasteiger partial charge >= 0.3 is 5.97 Å². The van der Waals surface area contributed by atoms with E-state index in [4.69, 9.17) is 0 Å². The van der Waals surface area contributed by atoms with Crippen LogP contribution in [0.25, 0.3) is 10.9 Å². The highest BCUT2D eigenvalue weighted by Crippen LogP contribution is 2.18. The molecule has 0 aliphatic heterocycles. The van der Waals surface area contributed by atoms with Crippen LogP contribution in [0.15, 0.2) is 30.5 Å². The van der Waals surface area contributed by atoms with Crippen molar-refractivity contribution in [1.82, 2.24) is 10.3 Å². The summed E-state index contributed by atoms with van der Waals surface area (Å²) in [4.78, 5) is 26.9. The van der Waals surface area contributed by atoms with E-state index < -0.39 is 5.54 Å². The molecule has 0 unspecified atom stereocenters. The molecule has 0 saturated heterocycles. The van der Waals surface area contributed by atoms with Gasteiger partial charge in [0.05, 0.1) is 13.5 Å². The van der Waals surface area contributed by atoms with E-state index in [1.165, 1.54) is 7.11 Å². The van der Waals surface area contributed by atoms with Crippen molar-refractivity contribution in [3.63, 3.8) is 0 Å². The SMILES string of the molecule is CC[C@@](C)(CC(=O)OC)NC(=O)c1ccc2[nH]ccc2c1. The summed E-state index contributed by atoms with van der Waals surface area (Å²) in [6.07, 6.45) is 2.62. The van der Waals surface area contributed by atoms with E-state index in [-0.39, 0.29) is 18.3 Å². The van der Waals surface area contributed by atoms with Crippen molar-refractivity contribution in [1.29, 1.82) is 0 Å². The van der Waals surface area contributed by atoms with Gasteiger partial charge in [-0.15, -0.1) is 0 Å². The van der Waals surface area contributed by atoms with Gasteiger partial charge in [-0.3, -0.25) is 9.59 Å². The second-order valence-corrected chi connectivity index (χ2v) is 5.40. The molecule has 0 fully saturated rings. The summed E-state index contributed by atoms with van der Waals surface area (Å²) in [6.45, 7) is 3.77. The molecule has 1 atom stereocenters. The van der Waals surface area contributed by atoms with Gasteiger partial charge in [0.1, 0.15) is 0 Å². The number of amides is 1. The molecule has 1 amide bonds. The molecule has 2 N–H and O–H groups in total. The van der Waals surface area contributed by atoms with Crippen molar-refractivity contribution in [3.8, 4) is 0 Å². The number of fused-ring (bicyclic) bond motifs is 1. The van der Waals surface area contributed by atoms with Gasteiger partial charge in [0, 0.05) is 28.2 Å². The number of esters is 1. The fourth-order valence-corrected chi connectivity index (χ4v) is 2.19. The third kappa shape index (κ3) is 3.42. The Labute approximate surface area is 123 Å². The molecule has 2 rings (SSSR count). The second-order valence-electron chi connectivity index (χ2n) is 5.40. The number of rotatable bonds is 5. The lowest BCUT2D eigenvalue weighted by atomic mass is 9.94. The smallest absolute Gasteiger partial charge is 0.307 e. The summed E-state index contributed by atoms with van der Waals surface area (Å²) in [5, 5.41) is 3.91. The Morgan fingerprint density at radius 3 is 2.76 bits per heavy atom. The standard InChI is InChI=1S/C16H20N2O3/c1-4-16(2,10-14(19)21-3)18-15(20)12-5-6-13-11(9-12)7-8-17-13/h5-9,17H,4,10H2,1-3H3,(H,18,20)/t16-/m0/s1. The first-order chi connectivity index (χ1) is 9.97. The monoisotopic (exact) mass is 288 g/mol. The highest BCUT2D eigenvalue weighted by molar-refractivity contribution is 5.98. The molecule has 0 bridgehead atoms. The van der Waals surface area contributed by atoms with Gasteiger partial charge in [-0.2, -0.15) is 0 Å². The minimum absolute atomic E-state index is 0.151. The van der Waals surface area contributed by atoms with Gasteiger partial charge in [-0.1, -0.05) is 6.92 Å². The van der Waals surface area contributed by atoms with Crippen molar-refractivity contribution in [2.75, 3.05) is 7.11 Å². The zero-order chi connectivity index (χ0) is 15.5. The number of methoxy groups -OCH3 is 1. The third-order valence-electron chi connectivity index (χ3n) is 3.77. The van der Waals surface area contributed by atoms with E-state index in [9.17, 15) is 9.59 Å². The van der Waals surface area contributed by atoms with E-state index in [2.05, 4.69) is 15.0 Å². The van der Waals surface area contributed by atoms with Gasteiger partial charge < -0.3 is 15.0 Å². The lowest BCUT2D eigenvalue weighted by Gasteiger charge is -2.28. The lowest BCUT2D eigenvalue weighted by molar-refractivity contribution is -0.142. The minimum atomic E-state index is -0.614. The number of hydrogen-bond acceptors (Lipinski definition) is 3. The molecule has 0 radical (unpaired) electrons. The number of ether oxygens (including phenoxy) is 1. The average molecular weight is 288 g/mol. The van der Waals surface area contributed by atoms with Crippen molar-refractivity contribution >= 4 is 22.8 Å². The highest BCUT2D eigenvalue weighted by atomic mass is 16.5. The molecular formula is C16H20N2O3. The second kappa shape index (κ2) is 5.99. The molecule has 21 heavy (non-hydrogen) atoms. The number of aromatic nitrogens is 1. The first-order valence-electron chi connectivity index (χ1n) is 6.94. The van der Waals surface area contributed by atoms with E-state index in [0.717, 1.165) is 10.9 Å². The summed E-state index contributed by atoms with van der Waals surface area (Å²) in [5.74, 6) is -0.521. The van der Waals surface area contributed by atoms with E-state index in [1.807, 2.05) is 38.2 Å². The molecule has 1 aromatic heterocycles. The lowest BCUT2D eigenvalue weighted by Crippen LogP contribution is -2.47. The topological polar surface area (TPSA) is 71.2 Å². The Morgan fingerprint density at radius 2 is 2.10 bits per heavy atom. The summed E-state index contributed by atoms with van der Waals surface area (Å²) in [6, 6.07) is 7.38. The van der Waals surface area contributed by atoms with Gasteiger partial charge in [0.25, 0.3) is 5.91 Å². The average Bonchev–Trinajstić information content (AvgIpc) is 2.94. The molecule has 0 saturated carbocycles. The molecule has 0 aliphatic rings. The van der Waals surface area contributed by atoms with Crippen LogP contribution < -0.4 is 5.32 Å². The molecule has 1 aromatic carbocycles. The van der Waals surface area contributed by atoms with Gasteiger partial charge in [0.2, 0.25) is 0 Å². The number of nitrogens with one attached hydrogen (secondary N) is 2. The quantitative estimate of drug-likeness (QED) is 0.831. The maximum Gasteiger partial charge on any atom is 0.307 e. The number of aromatic amines is 1. The van der Waals surface area contributed by atoms with E-state index in [1.54, 1.807) is 6.07 Å². The van der Waals surface area contributed by atoms with Crippen LogP contribution in [0.4, 0.5) is 0 Å². The number of hydrogen-bond donors (Lipinski definition) is 2. The van der Waals surface area contributed by atoms with Gasteiger partial charge in [-0.05, 0) is 37.6 Å². The zero-order valence-corrected chi connectivity index (χ0v) is 12.5. The molecular weight excluding hydrogens is 268 g/mol. The van der Waals surface area contributed by atoms with Crippen LogP contribution in [-0.4, -0.2) is 29.5 Å². The third-order valence-corrected chi connectivity index (χ3v) is 3.77. The predicted octanol–water partition coefficient (Wildman–Crippen LogP) is 2.63. The fourth-order valence-electron chi connectivity index (χ4n) is 2.19. The van der Waals surface area contributed by atoms with Crippen LogP contribution in [0.5, 0.6) is 0 Å². The number of H-pyrrole nitrogens is 1. The maximum absolute atomic E-state index is 12.4. The van der Waals surface area contributed by atoms with Crippen molar-refractivity contribution in [3.05, 3.63) is 36.0 Å². The van der Waals surface area contributed by atoms with Crippen LogP contribution >= 0.6 is 0 Å². The van der Waals surface area contributed by atoms with Crippen LogP contribution in [0.3, 0.4) is 0 Å². The number of carbonyl (C=O) groups excluding carboxylic acids is 2. The first-order valence-corrected chi connectivity index (χ1v) is 6.94. The van der Waals surface area contributed by atoms with Crippen LogP contribution in [0.2, 0.25) is 0 Å². The first kappa shape index (κ1) is 15.1. The van der Waals surface area contributed by atoms with E-state index >= 15 is 0 Å². The molecule has 2 aromatic rings. The Morgan fingerprint density at radius 1 is 1.33 bits per heavy atom. The molecule has 5 nitrogen and oxygen atoms in total. The Bertz CT molecular complexity index is 662. The minimum Gasteiger partial charge on any atom is -0.469 e. The number of benzene rings is 1. The Kier molecular flexibility index (Phi) is 4.31. The predicted molar refractivity (Wildman–Crippen MR) is 81.1 cm³/mol. The van der Waals surface area contributed by atoms with Gasteiger partial charge in [-0.25, -0.2) is 0 Å². The largest absolute Gasteiger partial charge is 0.469 e. The summed E-state index contributed by atoms with van der Waals surface area (Å²) >= 11 is 0. The summed E-state index contributed by atoms with van der Waals surface area (Å²) in [5.41, 5.74) is 0.947. The maximum atomic E-state index is 12.4. The normalized spacial score (nSPS) is 13.7. The van der Waals surface area contributed by atoms with Crippen molar-refractivity contribution < 1.29 is 14.3 Å². The molecule has 0 aliphatic carbocycles. The molecule has 5 heteroatoms.